The zero-order valence-corrected chi connectivity index (χ0v) is 9.65. The number of nitrogens with zero attached hydrogens (tertiary/aromatic N) is 2. The van der Waals surface area contributed by atoms with Crippen LogP contribution in [0, 0.1) is 0 Å². The molecule has 2 heterocycles. The first-order valence-corrected chi connectivity index (χ1v) is 6.93. The number of pyridine rings is 1. The van der Waals surface area contributed by atoms with Gasteiger partial charge in [-0.05, 0) is 6.07 Å². The third-order valence-electron chi connectivity index (χ3n) is 2.74. The first-order valence-electron chi connectivity index (χ1n) is 5.11. The van der Waals surface area contributed by atoms with Crippen molar-refractivity contribution < 1.29 is 13.5 Å². The molecule has 0 spiro atoms. The van der Waals surface area contributed by atoms with Crippen molar-refractivity contribution in [3.8, 4) is 0 Å². The Labute approximate surface area is 94.6 Å². The fraction of sp³-hybridized carbons (Fsp3) is 0.500. The maximum atomic E-state index is 11.3. The molecule has 0 atom stereocenters. The molecule has 0 unspecified atom stereocenters. The van der Waals surface area contributed by atoms with Crippen molar-refractivity contribution in [3.63, 3.8) is 0 Å². The average Bonchev–Trinajstić information content (AvgIpc) is 2.29. The minimum absolute atomic E-state index is 0.0545. The van der Waals surface area contributed by atoms with Crippen LogP contribution in [0.3, 0.4) is 0 Å². The zero-order valence-electron chi connectivity index (χ0n) is 8.83. The molecule has 1 aromatic heterocycles. The molecular weight excluding hydrogens is 228 g/mol. The molecule has 88 valence electrons. The lowest BCUT2D eigenvalue weighted by Gasteiger charge is -2.29. The van der Waals surface area contributed by atoms with Gasteiger partial charge in [-0.2, -0.15) is 0 Å². The summed E-state index contributed by atoms with van der Waals surface area (Å²) in [6.45, 7) is 0.892. The van der Waals surface area contributed by atoms with E-state index < -0.39 is 9.84 Å². The molecular formula is C10H14N2O3S. The van der Waals surface area contributed by atoms with Crippen LogP contribution in [0.2, 0.25) is 0 Å². The molecule has 1 fully saturated rings. The van der Waals surface area contributed by atoms with Crippen LogP contribution in [-0.2, 0) is 16.4 Å². The van der Waals surface area contributed by atoms with Crippen LogP contribution in [-0.4, -0.2) is 43.1 Å². The minimum Gasteiger partial charge on any atom is -0.392 e. The summed E-state index contributed by atoms with van der Waals surface area (Å²) < 4.78 is 22.6. The molecule has 6 heteroatoms. The van der Waals surface area contributed by atoms with Crippen LogP contribution < -0.4 is 4.90 Å². The van der Waals surface area contributed by atoms with Gasteiger partial charge in [0, 0.05) is 24.8 Å². The van der Waals surface area contributed by atoms with Crippen molar-refractivity contribution >= 4 is 15.5 Å². The first kappa shape index (κ1) is 11.3. The van der Waals surface area contributed by atoms with Gasteiger partial charge in [0.15, 0.2) is 9.84 Å². The third kappa shape index (κ3) is 2.33. The Morgan fingerprint density at radius 1 is 1.38 bits per heavy atom. The van der Waals surface area contributed by atoms with E-state index in [1.807, 2.05) is 4.90 Å². The number of hydrogen-bond donors (Lipinski definition) is 1. The predicted octanol–water partition coefficient (Wildman–Crippen LogP) is -0.191. The van der Waals surface area contributed by atoms with Gasteiger partial charge < -0.3 is 10.0 Å². The molecule has 0 aliphatic carbocycles. The summed E-state index contributed by atoms with van der Waals surface area (Å²) in [5.41, 5.74) is 1.62. The summed E-state index contributed by atoms with van der Waals surface area (Å²) in [5.74, 6) is 0.347. The largest absolute Gasteiger partial charge is 0.392 e. The van der Waals surface area contributed by atoms with Crippen molar-refractivity contribution in [2.45, 2.75) is 6.61 Å². The quantitative estimate of drug-likeness (QED) is 0.778. The molecule has 0 saturated carbocycles. The van der Waals surface area contributed by atoms with Crippen molar-refractivity contribution in [1.82, 2.24) is 4.98 Å². The van der Waals surface area contributed by atoms with Crippen molar-refractivity contribution in [1.29, 1.82) is 0 Å². The highest BCUT2D eigenvalue weighted by molar-refractivity contribution is 7.91. The maximum absolute atomic E-state index is 11.3. The molecule has 1 N–H and O–H groups in total. The van der Waals surface area contributed by atoms with E-state index in [2.05, 4.69) is 4.98 Å². The van der Waals surface area contributed by atoms with Crippen molar-refractivity contribution in [3.05, 3.63) is 24.0 Å². The molecule has 5 nitrogen and oxygen atoms in total. The summed E-state index contributed by atoms with van der Waals surface area (Å²) >= 11 is 0. The number of aromatic nitrogens is 1. The molecule has 0 amide bonds. The zero-order chi connectivity index (χ0) is 11.6. The molecule has 1 aliphatic rings. The lowest BCUT2D eigenvalue weighted by Crippen LogP contribution is -2.40. The highest BCUT2D eigenvalue weighted by Crippen LogP contribution is 2.21. The van der Waals surface area contributed by atoms with Gasteiger partial charge >= 0.3 is 0 Å². The molecule has 16 heavy (non-hydrogen) atoms. The van der Waals surface area contributed by atoms with Gasteiger partial charge in [-0.25, -0.2) is 8.42 Å². The van der Waals surface area contributed by atoms with Crippen LogP contribution in [0.15, 0.2) is 18.5 Å². The fourth-order valence-corrected chi connectivity index (χ4v) is 2.99. The molecule has 0 radical (unpaired) electrons. The summed E-state index contributed by atoms with van der Waals surface area (Å²) in [5, 5.41) is 9.18. The minimum atomic E-state index is -2.87. The van der Waals surface area contributed by atoms with E-state index in [-0.39, 0.29) is 18.1 Å². The van der Waals surface area contributed by atoms with Gasteiger partial charge in [0.25, 0.3) is 0 Å². The van der Waals surface area contributed by atoms with E-state index in [4.69, 9.17) is 0 Å². The van der Waals surface area contributed by atoms with Gasteiger partial charge in [0.1, 0.15) is 0 Å². The normalized spacial score (nSPS) is 19.7. The number of anilines is 1. The van der Waals surface area contributed by atoms with Crippen molar-refractivity contribution in [2.75, 3.05) is 29.5 Å². The molecule has 1 saturated heterocycles. The number of sulfone groups is 1. The number of hydrogen-bond acceptors (Lipinski definition) is 5. The highest BCUT2D eigenvalue weighted by Gasteiger charge is 2.22. The second-order valence-electron chi connectivity index (χ2n) is 3.80. The molecule has 0 aromatic carbocycles. The Morgan fingerprint density at radius 3 is 2.69 bits per heavy atom. The monoisotopic (exact) mass is 242 g/mol. The number of aliphatic hydroxyl groups is 1. The Bertz CT molecular complexity index is 459. The van der Waals surface area contributed by atoms with Crippen molar-refractivity contribution in [2.24, 2.45) is 0 Å². The Hall–Kier alpha value is -1.14. The average molecular weight is 242 g/mol. The first-order chi connectivity index (χ1) is 7.62. The van der Waals surface area contributed by atoms with E-state index >= 15 is 0 Å². The smallest absolute Gasteiger partial charge is 0.153 e. The molecule has 0 bridgehead atoms. The fourth-order valence-electron chi connectivity index (χ4n) is 1.79. The van der Waals surface area contributed by atoms with E-state index in [1.54, 1.807) is 18.5 Å². The standard InChI is InChI=1S/C10H14N2O3S/c13-8-9-1-2-11-7-10(9)12-3-5-16(14,15)6-4-12/h1-2,7,13H,3-6,8H2. The predicted molar refractivity (Wildman–Crippen MR) is 61.0 cm³/mol. The molecule has 1 aromatic rings. The Morgan fingerprint density at radius 2 is 2.06 bits per heavy atom. The second kappa shape index (κ2) is 4.39. The van der Waals surface area contributed by atoms with Crippen LogP contribution >= 0.6 is 0 Å². The van der Waals surface area contributed by atoms with Crippen LogP contribution in [0.25, 0.3) is 0 Å². The summed E-state index contributed by atoms with van der Waals surface area (Å²) in [6.07, 6.45) is 3.29. The van der Waals surface area contributed by atoms with E-state index in [9.17, 15) is 13.5 Å². The van der Waals surface area contributed by atoms with Gasteiger partial charge in [-0.3, -0.25) is 4.98 Å². The maximum Gasteiger partial charge on any atom is 0.153 e. The number of rotatable bonds is 2. The lowest BCUT2D eigenvalue weighted by atomic mass is 10.2. The highest BCUT2D eigenvalue weighted by atomic mass is 32.2. The van der Waals surface area contributed by atoms with Crippen LogP contribution in [0.5, 0.6) is 0 Å². The lowest BCUT2D eigenvalue weighted by molar-refractivity contribution is 0.282. The summed E-state index contributed by atoms with van der Waals surface area (Å²) in [7, 11) is -2.87. The Kier molecular flexibility index (Phi) is 3.11. The molecule has 2 rings (SSSR count). The van der Waals surface area contributed by atoms with Gasteiger partial charge in [-0.15, -0.1) is 0 Å². The summed E-state index contributed by atoms with van der Waals surface area (Å²) in [4.78, 5) is 5.96. The van der Waals surface area contributed by atoms with Gasteiger partial charge in [0.2, 0.25) is 0 Å². The third-order valence-corrected chi connectivity index (χ3v) is 4.35. The van der Waals surface area contributed by atoms with E-state index in [1.165, 1.54) is 0 Å². The SMILES string of the molecule is O=S1(=O)CCN(c2cnccc2CO)CC1. The second-order valence-corrected chi connectivity index (χ2v) is 6.11. The van der Waals surface area contributed by atoms with E-state index in [0.717, 1.165) is 11.3 Å². The Balaban J connectivity index is 2.20. The van der Waals surface area contributed by atoms with Crippen LogP contribution in [0.1, 0.15) is 5.56 Å². The topological polar surface area (TPSA) is 70.5 Å². The van der Waals surface area contributed by atoms with Gasteiger partial charge in [-0.1, -0.05) is 0 Å². The van der Waals surface area contributed by atoms with Crippen LogP contribution in [0.4, 0.5) is 5.69 Å². The van der Waals surface area contributed by atoms with Gasteiger partial charge in [0.05, 0.1) is 30.0 Å². The number of aliphatic hydroxyl groups excluding tert-OH is 1. The summed E-state index contributed by atoms with van der Waals surface area (Å²) in [6, 6.07) is 1.75. The molecule has 1 aliphatic heterocycles. The van der Waals surface area contributed by atoms with E-state index in [0.29, 0.717) is 13.1 Å².